The third-order valence-corrected chi connectivity index (χ3v) is 2.24. The summed E-state index contributed by atoms with van der Waals surface area (Å²) in [6, 6.07) is 0.565. The molecular formula is C9H24N4. The monoisotopic (exact) mass is 188 g/mol. The predicted octanol–water partition coefficient (Wildman–Crippen LogP) is 0.635. The molecule has 1 unspecified atom stereocenters. The molecule has 0 spiro atoms. The van der Waals surface area contributed by atoms with E-state index in [1.54, 1.807) is 0 Å². The van der Waals surface area contributed by atoms with E-state index in [1.165, 1.54) is 12.8 Å². The summed E-state index contributed by atoms with van der Waals surface area (Å²) in [5.74, 6) is 0. The van der Waals surface area contributed by atoms with E-state index in [0.29, 0.717) is 6.04 Å². The molecule has 0 rings (SSSR count). The Labute approximate surface area is 82.2 Å². The van der Waals surface area contributed by atoms with Crippen molar-refractivity contribution in [3.63, 3.8) is 0 Å². The van der Waals surface area contributed by atoms with Gasteiger partial charge in [-0.2, -0.15) is 5.12 Å². The highest BCUT2D eigenvalue weighted by molar-refractivity contribution is 4.60. The van der Waals surface area contributed by atoms with Gasteiger partial charge in [-0.05, 0) is 20.4 Å². The van der Waals surface area contributed by atoms with Crippen LogP contribution in [0.4, 0.5) is 0 Å². The van der Waals surface area contributed by atoms with E-state index >= 15 is 0 Å². The second-order valence-corrected chi connectivity index (χ2v) is 3.34. The van der Waals surface area contributed by atoms with Gasteiger partial charge in [-0.15, -0.1) is 0 Å². The summed E-state index contributed by atoms with van der Waals surface area (Å²) in [6.45, 7) is 5.33. The second kappa shape index (κ2) is 7.26. The van der Waals surface area contributed by atoms with Crippen LogP contribution in [0.15, 0.2) is 0 Å². The van der Waals surface area contributed by atoms with Gasteiger partial charge in [-0.1, -0.05) is 13.3 Å². The molecule has 4 heteroatoms. The number of nitrogens with zero attached hydrogens (tertiary/aromatic N) is 2. The average molecular weight is 188 g/mol. The lowest BCUT2D eigenvalue weighted by molar-refractivity contribution is -0.0748. The summed E-state index contributed by atoms with van der Waals surface area (Å²) in [6.07, 6.45) is 2.44. The molecule has 4 nitrogen and oxygen atoms in total. The highest BCUT2D eigenvalue weighted by atomic mass is 15.8. The maximum Gasteiger partial charge on any atom is 0.0637 e. The molecule has 0 aliphatic carbocycles. The molecule has 2 N–H and O–H groups in total. The van der Waals surface area contributed by atoms with Crippen molar-refractivity contribution in [3.05, 3.63) is 0 Å². The van der Waals surface area contributed by atoms with Crippen LogP contribution < -0.4 is 10.7 Å². The molecule has 80 valence electrons. The van der Waals surface area contributed by atoms with Gasteiger partial charge in [0.05, 0.1) is 6.67 Å². The van der Waals surface area contributed by atoms with Crippen LogP contribution in [-0.4, -0.2) is 44.0 Å². The number of hydrogen-bond acceptors (Lipinski definition) is 4. The van der Waals surface area contributed by atoms with Crippen molar-refractivity contribution in [2.24, 2.45) is 0 Å². The van der Waals surface area contributed by atoms with Gasteiger partial charge < -0.3 is 5.32 Å². The molecule has 0 saturated carbocycles. The Morgan fingerprint density at radius 2 is 1.92 bits per heavy atom. The van der Waals surface area contributed by atoms with E-state index in [1.807, 2.05) is 26.3 Å². The first-order valence-corrected chi connectivity index (χ1v) is 4.99. The van der Waals surface area contributed by atoms with Gasteiger partial charge in [0.25, 0.3) is 0 Å². The van der Waals surface area contributed by atoms with Crippen molar-refractivity contribution in [2.75, 3.05) is 27.8 Å². The zero-order valence-electron chi connectivity index (χ0n) is 9.59. The lowest BCUT2D eigenvalue weighted by atomic mass is 10.2. The fraction of sp³-hybridized carbons (Fsp3) is 1.00. The maximum atomic E-state index is 3.17. The third-order valence-electron chi connectivity index (χ3n) is 2.24. The lowest BCUT2D eigenvalue weighted by Crippen LogP contribution is -2.53. The van der Waals surface area contributed by atoms with Gasteiger partial charge in [0.15, 0.2) is 0 Å². The summed E-state index contributed by atoms with van der Waals surface area (Å²) in [5.41, 5.74) is 3.11. The van der Waals surface area contributed by atoms with E-state index in [9.17, 15) is 0 Å². The molecule has 0 aromatic carbocycles. The maximum absolute atomic E-state index is 3.17. The molecular weight excluding hydrogens is 164 g/mol. The van der Waals surface area contributed by atoms with Gasteiger partial charge in [-0.25, -0.2) is 10.4 Å². The average Bonchev–Trinajstić information content (AvgIpc) is 2.13. The number of hydrogen-bond donors (Lipinski definition) is 2. The Balaban J connectivity index is 4.05. The summed E-state index contributed by atoms with van der Waals surface area (Å²) in [4.78, 5) is 0. The first kappa shape index (κ1) is 12.8. The number of hydrazine groups is 2. The summed E-state index contributed by atoms with van der Waals surface area (Å²) in [7, 11) is 5.93. The molecule has 13 heavy (non-hydrogen) atoms. The van der Waals surface area contributed by atoms with Crippen molar-refractivity contribution in [1.29, 1.82) is 0 Å². The SMILES string of the molecule is CCCC(C)N(CNC)N(C)NC. The largest absolute Gasteiger partial charge is 0.306 e. The normalized spacial score (nSPS) is 14.1. The fourth-order valence-corrected chi connectivity index (χ4v) is 1.41. The first-order valence-electron chi connectivity index (χ1n) is 4.99. The molecule has 0 amide bonds. The summed E-state index contributed by atoms with van der Waals surface area (Å²) < 4.78 is 0. The first-order chi connectivity index (χ1) is 6.17. The highest BCUT2D eigenvalue weighted by Gasteiger charge is 2.15. The quantitative estimate of drug-likeness (QED) is 0.453. The van der Waals surface area contributed by atoms with Gasteiger partial charge in [0.2, 0.25) is 0 Å². The molecule has 1 atom stereocenters. The molecule has 0 aliphatic heterocycles. The Hall–Kier alpha value is -0.160. The molecule has 0 radical (unpaired) electrons. The number of rotatable bonds is 7. The molecule has 0 aromatic heterocycles. The molecule has 0 heterocycles. The van der Waals surface area contributed by atoms with Crippen molar-refractivity contribution in [2.45, 2.75) is 32.7 Å². The van der Waals surface area contributed by atoms with Crippen molar-refractivity contribution < 1.29 is 0 Å². The zero-order valence-corrected chi connectivity index (χ0v) is 9.59. The molecule has 0 fully saturated rings. The van der Waals surface area contributed by atoms with Crippen molar-refractivity contribution >= 4 is 0 Å². The summed E-state index contributed by atoms with van der Waals surface area (Å²) in [5, 5.41) is 7.46. The minimum atomic E-state index is 0.565. The van der Waals surface area contributed by atoms with Crippen LogP contribution >= 0.6 is 0 Å². The predicted molar refractivity (Wildman–Crippen MR) is 57.0 cm³/mol. The van der Waals surface area contributed by atoms with E-state index in [-0.39, 0.29) is 0 Å². The van der Waals surface area contributed by atoms with Crippen molar-refractivity contribution in [1.82, 2.24) is 20.9 Å². The van der Waals surface area contributed by atoms with Gasteiger partial charge in [0.1, 0.15) is 0 Å². The lowest BCUT2D eigenvalue weighted by Gasteiger charge is -2.35. The van der Waals surface area contributed by atoms with Crippen LogP contribution in [0.5, 0.6) is 0 Å². The van der Waals surface area contributed by atoms with E-state index in [4.69, 9.17) is 0 Å². The molecule has 0 aliphatic rings. The van der Waals surface area contributed by atoms with Crippen LogP contribution in [0.1, 0.15) is 26.7 Å². The van der Waals surface area contributed by atoms with Gasteiger partial charge in [0, 0.05) is 20.1 Å². The highest BCUT2D eigenvalue weighted by Crippen LogP contribution is 2.05. The minimum absolute atomic E-state index is 0.565. The Bertz CT molecular complexity index is 118. The zero-order chi connectivity index (χ0) is 10.3. The Kier molecular flexibility index (Phi) is 7.17. The summed E-state index contributed by atoms with van der Waals surface area (Å²) >= 11 is 0. The van der Waals surface area contributed by atoms with Crippen molar-refractivity contribution in [3.8, 4) is 0 Å². The van der Waals surface area contributed by atoms with E-state index < -0.39 is 0 Å². The van der Waals surface area contributed by atoms with E-state index in [0.717, 1.165) is 6.67 Å². The van der Waals surface area contributed by atoms with Crippen LogP contribution in [0, 0.1) is 0 Å². The van der Waals surface area contributed by atoms with Gasteiger partial charge >= 0.3 is 0 Å². The van der Waals surface area contributed by atoms with E-state index in [2.05, 4.69) is 29.6 Å². The minimum Gasteiger partial charge on any atom is -0.306 e. The molecule has 0 bridgehead atoms. The number of nitrogens with one attached hydrogen (secondary N) is 2. The van der Waals surface area contributed by atoms with Crippen LogP contribution in [0.3, 0.4) is 0 Å². The fourth-order valence-electron chi connectivity index (χ4n) is 1.41. The van der Waals surface area contributed by atoms with Gasteiger partial charge in [-0.3, -0.25) is 0 Å². The Morgan fingerprint density at radius 3 is 2.31 bits per heavy atom. The second-order valence-electron chi connectivity index (χ2n) is 3.34. The standard InChI is InChI=1S/C9H24N4/c1-6-7-9(2)13(8-10-3)12(5)11-4/h9-11H,6-8H2,1-5H3. The molecule has 0 saturated heterocycles. The Morgan fingerprint density at radius 1 is 1.31 bits per heavy atom. The van der Waals surface area contributed by atoms with Crippen LogP contribution in [0.25, 0.3) is 0 Å². The molecule has 0 aromatic rings. The van der Waals surface area contributed by atoms with Crippen LogP contribution in [-0.2, 0) is 0 Å². The third kappa shape index (κ3) is 4.57. The van der Waals surface area contributed by atoms with Crippen LogP contribution in [0.2, 0.25) is 0 Å². The topological polar surface area (TPSA) is 30.5 Å². The smallest absolute Gasteiger partial charge is 0.0637 e.